The summed E-state index contributed by atoms with van der Waals surface area (Å²) in [6.07, 6.45) is 0. The van der Waals surface area contributed by atoms with E-state index in [4.69, 9.17) is 0 Å². The minimum atomic E-state index is -3.74. The van der Waals surface area contributed by atoms with Gasteiger partial charge in [0, 0.05) is 19.2 Å². The third-order valence-electron chi connectivity index (χ3n) is 5.08. The molecule has 0 saturated carbocycles. The number of hydrogen-bond acceptors (Lipinski definition) is 5. The van der Waals surface area contributed by atoms with Crippen LogP contribution >= 0.6 is 0 Å². The molecule has 4 aromatic rings. The van der Waals surface area contributed by atoms with Crippen LogP contribution in [0.3, 0.4) is 0 Å². The van der Waals surface area contributed by atoms with E-state index in [9.17, 15) is 8.42 Å². The number of aromatic nitrogens is 4. The van der Waals surface area contributed by atoms with Gasteiger partial charge >= 0.3 is 0 Å². The van der Waals surface area contributed by atoms with Gasteiger partial charge in [0.25, 0.3) is 0 Å². The topological polar surface area (TPSA) is 81.0 Å². The number of aryl methyl sites for hydroxylation is 1. The smallest absolute Gasteiger partial charge is 0.216 e. The van der Waals surface area contributed by atoms with Gasteiger partial charge in [-0.05, 0) is 31.5 Å². The Hall–Kier alpha value is -3.36. The summed E-state index contributed by atoms with van der Waals surface area (Å²) in [5.41, 5.74) is 3.53. The van der Waals surface area contributed by atoms with Crippen LogP contribution in [0.1, 0.15) is 17.0 Å². The molecule has 2 aromatic carbocycles. The molecular formula is C23H23N5O2S. The maximum atomic E-state index is 13.3. The fourth-order valence-electron chi connectivity index (χ4n) is 3.51. The van der Waals surface area contributed by atoms with E-state index < -0.39 is 10.0 Å². The average molecular weight is 434 g/mol. The van der Waals surface area contributed by atoms with Crippen molar-refractivity contribution in [2.45, 2.75) is 25.3 Å². The van der Waals surface area contributed by atoms with E-state index in [1.165, 1.54) is 8.99 Å². The summed E-state index contributed by atoms with van der Waals surface area (Å²) in [5, 5.41) is 13.0. The van der Waals surface area contributed by atoms with E-state index in [-0.39, 0.29) is 11.4 Å². The molecule has 0 bridgehead atoms. The second-order valence-electron chi connectivity index (χ2n) is 7.30. The maximum Gasteiger partial charge on any atom is 0.246 e. The first-order valence-corrected chi connectivity index (χ1v) is 11.3. The molecule has 0 spiro atoms. The number of nitrogens with zero attached hydrogens (tertiary/aromatic N) is 5. The van der Waals surface area contributed by atoms with Crippen LogP contribution in [0.4, 0.5) is 0 Å². The third kappa shape index (κ3) is 4.12. The number of rotatable bonds is 6. The molecule has 2 heterocycles. The van der Waals surface area contributed by atoms with Gasteiger partial charge in [0.1, 0.15) is 4.90 Å². The fourth-order valence-corrected chi connectivity index (χ4v) is 5.01. The van der Waals surface area contributed by atoms with Gasteiger partial charge in [-0.1, -0.05) is 60.7 Å². The van der Waals surface area contributed by atoms with Crippen LogP contribution in [0.25, 0.3) is 17.1 Å². The van der Waals surface area contributed by atoms with Crippen LogP contribution in [0, 0.1) is 13.8 Å². The van der Waals surface area contributed by atoms with Crippen LogP contribution in [-0.4, -0.2) is 39.7 Å². The zero-order chi connectivity index (χ0) is 22.0. The molecule has 2 aromatic heterocycles. The molecule has 0 saturated heterocycles. The van der Waals surface area contributed by atoms with Crippen molar-refractivity contribution < 1.29 is 8.42 Å². The molecule has 0 atom stereocenters. The van der Waals surface area contributed by atoms with Crippen molar-refractivity contribution in [2.24, 2.45) is 0 Å². The SMILES string of the molecule is Cc1nn(-c2ccc(-c3ccccc3)nn2)c(C)c1S(=O)(=O)N(C)Cc1ccccc1. The van der Waals surface area contributed by atoms with Gasteiger partial charge in [-0.2, -0.15) is 9.40 Å². The highest BCUT2D eigenvalue weighted by Crippen LogP contribution is 2.26. The van der Waals surface area contributed by atoms with Crippen molar-refractivity contribution in [3.05, 3.63) is 89.7 Å². The van der Waals surface area contributed by atoms with Crippen LogP contribution in [0.15, 0.2) is 77.7 Å². The minimum Gasteiger partial charge on any atom is -0.216 e. The Balaban J connectivity index is 1.65. The van der Waals surface area contributed by atoms with Gasteiger partial charge in [-0.25, -0.2) is 13.1 Å². The summed E-state index contributed by atoms with van der Waals surface area (Å²) >= 11 is 0. The molecule has 0 amide bonds. The van der Waals surface area contributed by atoms with Gasteiger partial charge in [-0.15, -0.1) is 10.2 Å². The predicted molar refractivity (Wildman–Crippen MR) is 119 cm³/mol. The van der Waals surface area contributed by atoms with E-state index in [1.54, 1.807) is 27.0 Å². The van der Waals surface area contributed by atoms with Crippen LogP contribution < -0.4 is 0 Å². The molecule has 0 aliphatic rings. The van der Waals surface area contributed by atoms with Crippen molar-refractivity contribution >= 4 is 10.0 Å². The Morgan fingerprint density at radius 2 is 1.52 bits per heavy atom. The lowest BCUT2D eigenvalue weighted by molar-refractivity contribution is 0.466. The standard InChI is InChI=1S/C23H23N5O2S/c1-17-23(31(29,30)27(3)16-19-10-6-4-7-11-19)18(2)28(26-17)22-15-14-21(24-25-22)20-12-8-5-9-13-20/h4-15H,16H2,1-3H3. The second kappa shape index (κ2) is 8.41. The number of benzene rings is 2. The summed E-state index contributed by atoms with van der Waals surface area (Å²) < 4.78 is 29.5. The molecule has 158 valence electrons. The van der Waals surface area contributed by atoms with Crippen LogP contribution in [-0.2, 0) is 16.6 Å². The van der Waals surface area contributed by atoms with E-state index in [0.717, 1.165) is 16.8 Å². The first-order valence-electron chi connectivity index (χ1n) is 9.84. The molecule has 0 N–H and O–H groups in total. The van der Waals surface area contributed by atoms with Crippen molar-refractivity contribution in [3.8, 4) is 17.1 Å². The fraction of sp³-hybridized carbons (Fsp3) is 0.174. The Bertz CT molecular complexity index is 1290. The molecule has 8 heteroatoms. The lowest BCUT2D eigenvalue weighted by atomic mass is 10.1. The summed E-state index contributed by atoms with van der Waals surface area (Å²) in [6, 6.07) is 22.9. The lowest BCUT2D eigenvalue weighted by Gasteiger charge is -2.17. The highest BCUT2D eigenvalue weighted by molar-refractivity contribution is 7.89. The summed E-state index contributed by atoms with van der Waals surface area (Å²) in [4.78, 5) is 0.194. The zero-order valence-electron chi connectivity index (χ0n) is 17.6. The van der Waals surface area contributed by atoms with Crippen LogP contribution in [0.5, 0.6) is 0 Å². The highest BCUT2D eigenvalue weighted by Gasteiger charge is 2.29. The number of sulfonamides is 1. The molecule has 0 unspecified atom stereocenters. The monoisotopic (exact) mass is 433 g/mol. The van der Waals surface area contributed by atoms with Crippen molar-refractivity contribution in [2.75, 3.05) is 7.05 Å². The predicted octanol–water partition coefficient (Wildman–Crippen LogP) is 3.77. The average Bonchev–Trinajstić information content (AvgIpc) is 3.09. The molecular weight excluding hydrogens is 410 g/mol. The molecule has 4 rings (SSSR count). The van der Waals surface area contributed by atoms with Gasteiger partial charge in [0.15, 0.2) is 5.82 Å². The minimum absolute atomic E-state index is 0.194. The largest absolute Gasteiger partial charge is 0.246 e. The molecule has 31 heavy (non-hydrogen) atoms. The van der Waals surface area contributed by atoms with Gasteiger partial charge in [0.05, 0.1) is 17.1 Å². The maximum absolute atomic E-state index is 13.3. The van der Waals surface area contributed by atoms with Crippen molar-refractivity contribution in [1.82, 2.24) is 24.3 Å². The Labute approximate surface area is 182 Å². The van der Waals surface area contributed by atoms with Gasteiger partial charge in [0.2, 0.25) is 10.0 Å². The lowest BCUT2D eigenvalue weighted by Crippen LogP contribution is -2.27. The van der Waals surface area contributed by atoms with E-state index in [2.05, 4.69) is 15.3 Å². The first kappa shape index (κ1) is 20.9. The molecule has 0 fully saturated rings. The van der Waals surface area contributed by atoms with Gasteiger partial charge < -0.3 is 0 Å². The van der Waals surface area contributed by atoms with E-state index in [0.29, 0.717) is 17.2 Å². The van der Waals surface area contributed by atoms with E-state index in [1.807, 2.05) is 66.7 Å². The Morgan fingerprint density at radius 3 is 2.13 bits per heavy atom. The molecule has 0 aliphatic heterocycles. The normalized spacial score (nSPS) is 11.7. The van der Waals surface area contributed by atoms with Crippen molar-refractivity contribution in [3.63, 3.8) is 0 Å². The Morgan fingerprint density at radius 1 is 0.871 bits per heavy atom. The van der Waals surface area contributed by atoms with Crippen molar-refractivity contribution in [1.29, 1.82) is 0 Å². The molecule has 0 aliphatic carbocycles. The summed E-state index contributed by atoms with van der Waals surface area (Å²) in [6.45, 7) is 3.70. The third-order valence-corrected chi connectivity index (χ3v) is 7.13. The highest BCUT2D eigenvalue weighted by atomic mass is 32.2. The zero-order valence-corrected chi connectivity index (χ0v) is 18.4. The van der Waals surface area contributed by atoms with Gasteiger partial charge in [-0.3, -0.25) is 0 Å². The summed E-state index contributed by atoms with van der Waals surface area (Å²) in [5.74, 6) is 0.465. The van der Waals surface area contributed by atoms with E-state index >= 15 is 0 Å². The van der Waals surface area contributed by atoms with Crippen LogP contribution in [0.2, 0.25) is 0 Å². The number of hydrogen-bond donors (Lipinski definition) is 0. The summed E-state index contributed by atoms with van der Waals surface area (Å²) in [7, 11) is -2.16. The molecule has 0 radical (unpaired) electrons. The first-order chi connectivity index (χ1) is 14.9. The molecule has 7 nitrogen and oxygen atoms in total. The quantitative estimate of drug-likeness (QED) is 0.462. The second-order valence-corrected chi connectivity index (χ2v) is 9.28. The Kier molecular flexibility index (Phi) is 5.67.